The quantitative estimate of drug-likeness (QED) is 0.0318. The van der Waals surface area contributed by atoms with E-state index in [1.807, 2.05) is 0 Å². The van der Waals surface area contributed by atoms with Crippen molar-refractivity contribution in [3.8, 4) is 0 Å². The van der Waals surface area contributed by atoms with Gasteiger partial charge in [0.2, 0.25) is 5.91 Å². The van der Waals surface area contributed by atoms with Crippen LogP contribution in [0.25, 0.3) is 0 Å². The van der Waals surface area contributed by atoms with Gasteiger partial charge in [0.1, 0.15) is 214 Å². The van der Waals surface area contributed by atoms with Gasteiger partial charge >= 0.3 is 0 Å². The molecule has 8 aliphatic rings. The molecule has 8 rings (SSSR count). The first-order chi connectivity index (χ1) is 48.7. The Morgan fingerprint density at radius 1 is 0.311 bits per heavy atom. The summed E-state index contributed by atoms with van der Waals surface area (Å²) in [5.74, 6) is -0.882. The molecule has 103 heavy (non-hydrogen) atoms. The van der Waals surface area contributed by atoms with Gasteiger partial charge in [0, 0.05) is 6.92 Å². The van der Waals surface area contributed by atoms with Crippen LogP contribution in [0.15, 0.2) is 0 Å². The highest BCUT2D eigenvalue weighted by molar-refractivity contribution is 5.73. The van der Waals surface area contributed by atoms with Crippen molar-refractivity contribution >= 4 is 5.91 Å². The van der Waals surface area contributed by atoms with Crippen LogP contribution < -0.4 is 5.32 Å². The van der Waals surface area contributed by atoms with Gasteiger partial charge in [-0.15, -0.1) is 0 Å². The van der Waals surface area contributed by atoms with E-state index in [9.17, 15) is 153 Å². The summed E-state index contributed by atoms with van der Waals surface area (Å²) in [5.41, 5.74) is 0. The van der Waals surface area contributed by atoms with Crippen molar-refractivity contribution in [2.45, 2.75) is 277 Å². The summed E-state index contributed by atoms with van der Waals surface area (Å²) in [6.07, 6.45) is -93.4. The summed E-state index contributed by atoms with van der Waals surface area (Å²) in [5, 5.41) is 318. The van der Waals surface area contributed by atoms with E-state index in [4.69, 9.17) is 75.8 Å². The minimum Gasteiger partial charge on any atom is -0.394 e. The summed E-state index contributed by atoms with van der Waals surface area (Å²) < 4.78 is 92.5. The predicted molar refractivity (Wildman–Crippen MR) is 311 cm³/mol. The number of aliphatic hydroxyl groups is 29. The number of carbonyl (C=O) groups is 1. The summed E-state index contributed by atoms with van der Waals surface area (Å²) in [4.78, 5) is 12.2. The van der Waals surface area contributed by atoms with E-state index in [1.54, 1.807) is 0 Å². The molecule has 602 valence electrons. The van der Waals surface area contributed by atoms with Crippen molar-refractivity contribution < 1.29 is 229 Å². The Bertz CT molecular complexity index is 2530. The maximum absolute atomic E-state index is 12.4. The molecule has 0 aromatic carbocycles. The molecule has 8 aliphatic heterocycles. The Balaban J connectivity index is 1.15. The molecule has 0 aromatic rings. The van der Waals surface area contributed by atoms with E-state index in [1.165, 1.54) is 0 Å². The molecule has 0 spiro atoms. The van der Waals surface area contributed by atoms with Crippen molar-refractivity contribution in [2.24, 2.45) is 0 Å². The molecule has 1 amide bonds. The van der Waals surface area contributed by atoms with Crippen LogP contribution in [0.2, 0.25) is 0 Å². The number of hydrogen-bond acceptors (Lipinski definition) is 46. The molecule has 8 heterocycles. The fourth-order valence-corrected chi connectivity index (χ4v) is 12.7. The third-order valence-corrected chi connectivity index (χ3v) is 18.8. The second-order valence-electron chi connectivity index (χ2n) is 25.8. The zero-order chi connectivity index (χ0) is 76.1. The molecular formula is C56H97NO46. The van der Waals surface area contributed by atoms with Crippen LogP contribution in [0.4, 0.5) is 0 Å². The molecule has 8 saturated heterocycles. The number of hydrogen-bond donors (Lipinski definition) is 30. The number of amides is 1. The first kappa shape index (κ1) is 86.3. The summed E-state index contributed by atoms with van der Waals surface area (Å²) >= 11 is 0. The lowest BCUT2D eigenvalue weighted by atomic mass is 9.95. The number of carbonyl (C=O) groups excluding carboxylic acids is 1. The molecule has 0 aliphatic carbocycles. The fourth-order valence-electron chi connectivity index (χ4n) is 12.7. The third-order valence-electron chi connectivity index (χ3n) is 18.8. The van der Waals surface area contributed by atoms with Gasteiger partial charge in [-0.1, -0.05) is 0 Å². The minimum absolute atomic E-state index is 0.882. The molecule has 0 radical (unpaired) electrons. The molecule has 47 heteroatoms. The Kier molecular flexibility index (Phi) is 31.9. The minimum atomic E-state index is -2.59. The van der Waals surface area contributed by atoms with E-state index in [2.05, 4.69) is 5.32 Å². The van der Waals surface area contributed by atoms with Crippen LogP contribution in [0.3, 0.4) is 0 Å². The lowest BCUT2D eigenvalue weighted by Gasteiger charge is -2.50. The molecule has 0 unspecified atom stereocenters. The van der Waals surface area contributed by atoms with Crippen LogP contribution in [-0.2, 0) is 80.6 Å². The van der Waals surface area contributed by atoms with Gasteiger partial charge in [-0.25, -0.2) is 0 Å². The summed E-state index contributed by atoms with van der Waals surface area (Å²) in [7, 11) is 0. The molecule has 0 saturated carbocycles. The predicted octanol–water partition coefficient (Wildman–Crippen LogP) is -20.8. The van der Waals surface area contributed by atoms with Gasteiger partial charge in [-0.05, 0) is 0 Å². The van der Waals surface area contributed by atoms with Gasteiger partial charge < -0.3 is 229 Å². The maximum Gasteiger partial charge on any atom is 0.217 e. The Morgan fingerprint density at radius 2 is 0.583 bits per heavy atom. The molecule has 0 aromatic heterocycles. The molecule has 44 atom stereocenters. The molecule has 8 fully saturated rings. The zero-order valence-corrected chi connectivity index (χ0v) is 54.4. The van der Waals surface area contributed by atoms with Crippen LogP contribution >= 0.6 is 0 Å². The van der Waals surface area contributed by atoms with Crippen LogP contribution in [0, 0.1) is 0 Å². The Hall–Kier alpha value is -2.33. The fraction of sp³-hybridized carbons (Fsp3) is 0.982. The topological polar surface area (TPSA) is 763 Å². The normalized spacial score (nSPS) is 49.1. The highest BCUT2D eigenvalue weighted by atomic mass is 16.8. The van der Waals surface area contributed by atoms with E-state index >= 15 is 0 Å². The van der Waals surface area contributed by atoms with Gasteiger partial charge in [0.05, 0.1) is 72.1 Å². The monoisotopic (exact) mass is 1520 g/mol. The van der Waals surface area contributed by atoms with E-state index in [0.717, 1.165) is 6.92 Å². The van der Waals surface area contributed by atoms with Crippen molar-refractivity contribution in [1.82, 2.24) is 5.32 Å². The lowest BCUT2D eigenvalue weighted by molar-refractivity contribution is -0.406. The Morgan fingerprint density at radius 3 is 0.913 bits per heavy atom. The van der Waals surface area contributed by atoms with Gasteiger partial charge in [-0.3, -0.25) is 4.79 Å². The van der Waals surface area contributed by atoms with Gasteiger partial charge in [0.15, 0.2) is 50.3 Å². The number of rotatable bonds is 30. The SMILES string of the molecule is CC(=O)N[C@@H](CO)[C@@H](O)[C@H](O[C@@H]1O[C@H](CO[C@H]2O[C@H](CO[C@H]3O[C@H](CO)[C@@H](O)[C@H](O)[C@@H]3O)[C@@H](O)[C@H](O[C@H]3O[C@H](CO)[C@@H](O)[C@H](O)[C@@H]3O[C@H]3O[C@H](CO)[C@@H](O)[C@H](O)[C@@H]3O)[C@@H]2O)[C@@H](O)[C@H](O[C@H]2O[C@H](CO)[C@@H](O)[C@H](O)[C@@H]2O[C@H]2O[C@H](CO)[C@@H](O)[C@H](O)[C@@H]2O[C@H]2O[C@H](CO)[C@@H](O)[C@H](O)[C@@H]2O)[C@@H]1O)[C@H](O)CO. The first-order valence-corrected chi connectivity index (χ1v) is 32.6. The second kappa shape index (κ2) is 38.1. The van der Waals surface area contributed by atoms with E-state index in [-0.39, 0.29) is 0 Å². The number of aliphatic hydroxyl groups excluding tert-OH is 29. The second-order valence-corrected chi connectivity index (χ2v) is 25.8. The number of ether oxygens (including phenoxy) is 16. The lowest BCUT2D eigenvalue weighted by Crippen LogP contribution is -2.68. The zero-order valence-electron chi connectivity index (χ0n) is 54.4. The molecule has 47 nitrogen and oxygen atoms in total. The summed E-state index contributed by atoms with van der Waals surface area (Å²) in [6.45, 7) is -10.2. The highest BCUT2D eigenvalue weighted by Gasteiger charge is 2.60. The van der Waals surface area contributed by atoms with Gasteiger partial charge in [-0.2, -0.15) is 0 Å². The molecular weight excluding hydrogens is 1420 g/mol. The van der Waals surface area contributed by atoms with Crippen LogP contribution in [-0.4, -0.2) is 490 Å². The average Bonchev–Trinajstić information content (AvgIpc) is 0.770. The van der Waals surface area contributed by atoms with Crippen LogP contribution in [0.1, 0.15) is 6.92 Å². The first-order valence-electron chi connectivity index (χ1n) is 32.6. The van der Waals surface area contributed by atoms with E-state index < -0.39 is 342 Å². The van der Waals surface area contributed by atoms with Gasteiger partial charge in [0.25, 0.3) is 0 Å². The maximum atomic E-state index is 12.4. The van der Waals surface area contributed by atoms with Crippen LogP contribution in [0.5, 0.6) is 0 Å². The molecule has 0 bridgehead atoms. The van der Waals surface area contributed by atoms with Crippen molar-refractivity contribution in [3.63, 3.8) is 0 Å². The highest BCUT2D eigenvalue weighted by Crippen LogP contribution is 2.39. The van der Waals surface area contributed by atoms with E-state index in [0.29, 0.717) is 0 Å². The largest absolute Gasteiger partial charge is 0.394 e. The smallest absolute Gasteiger partial charge is 0.217 e. The van der Waals surface area contributed by atoms with Crippen molar-refractivity contribution in [2.75, 3.05) is 66.1 Å². The molecule has 30 N–H and O–H groups in total. The Labute approximate surface area is 581 Å². The van der Waals surface area contributed by atoms with Crippen molar-refractivity contribution in [1.29, 1.82) is 0 Å². The van der Waals surface area contributed by atoms with Crippen molar-refractivity contribution in [3.05, 3.63) is 0 Å². The summed E-state index contributed by atoms with van der Waals surface area (Å²) in [6, 6.07) is -1.76. The third kappa shape index (κ3) is 19.0. The average molecular weight is 1520 g/mol. The number of nitrogens with one attached hydrogen (secondary N) is 1. The standard InChI is InChI=1S/C56H97NO46/c1-12(66)57-13(2-58)23(68)43(14(67)3-59)98-53-42(87)45(100-55-48(37(82)29(74)19(8-64)94-55)103-56-47(36(81)28(73)20(9-65)95-56)102-52-40(85)34(79)26(71)17(6-62)92-52)31(76)22(97-53)11-89-50-41(86)44(30(75)21(96-50)10-88-49-38(83)32(77)24(69)15(4-60)90-49)99-54-46(35(80)27(72)18(7-63)93-54)101-51-39(84)33(78)25(70)16(5-61)91-51/h13-56,58-65,67-87H,2-11H2,1H3,(H,57,66)/t13-,14+,15+,16+,17+,18+,19+,20+,21+,22+,23+,24+,25+,26+,27+,28+,29+,30+,31+,32-,33-,34-,35-,36-,37-,38-,39-,40-,41-,42-,43+,44-,45-,46-,47-,48-,49-,50-,51+,52+,53-,54+,55+,56+/m0/s1.